The maximum atomic E-state index is 13.3. The topological polar surface area (TPSA) is 104 Å². The van der Waals surface area contributed by atoms with Crippen molar-refractivity contribution in [3.05, 3.63) is 81.0 Å². The molecule has 1 N–H and O–H groups in total. The number of aromatic carboxylic acids is 1. The molecule has 2 aromatic rings. The van der Waals surface area contributed by atoms with Crippen LogP contribution in [0, 0.1) is 0 Å². The van der Waals surface area contributed by atoms with E-state index in [-0.39, 0.29) is 29.3 Å². The average Bonchev–Trinajstić information content (AvgIpc) is 2.73. The molecule has 1 atom stereocenters. The molecule has 32 heavy (non-hydrogen) atoms. The van der Waals surface area contributed by atoms with Gasteiger partial charge < -0.3 is 9.84 Å². The lowest BCUT2D eigenvalue weighted by Gasteiger charge is -2.38. The van der Waals surface area contributed by atoms with E-state index in [0.29, 0.717) is 16.1 Å². The second kappa shape index (κ2) is 9.50. The summed E-state index contributed by atoms with van der Waals surface area (Å²) in [4.78, 5) is 23.8. The standard InChI is InChI=1S/C21H20Cl2N2O6S/c1-3-31-21(28)17-12-25(11-13-4-6-14(7-5-13)20(26)27)32(29,30)24(2)19(17)16-9-8-15(22)10-18(16)23/h4-10,12,19H,3,11H2,1-2H3,(H,26,27). The van der Waals surface area contributed by atoms with E-state index < -0.39 is 28.2 Å². The van der Waals surface area contributed by atoms with E-state index in [4.69, 9.17) is 33.0 Å². The van der Waals surface area contributed by atoms with Gasteiger partial charge in [-0.15, -0.1) is 0 Å². The first-order chi connectivity index (χ1) is 15.1. The summed E-state index contributed by atoms with van der Waals surface area (Å²) in [5.74, 6) is -1.77. The smallest absolute Gasteiger partial charge is 0.337 e. The molecule has 0 amide bonds. The highest BCUT2D eigenvalue weighted by atomic mass is 35.5. The monoisotopic (exact) mass is 498 g/mol. The zero-order valence-corrected chi connectivity index (χ0v) is 19.5. The van der Waals surface area contributed by atoms with Crippen molar-refractivity contribution < 1.29 is 27.9 Å². The Hall–Kier alpha value is -2.59. The summed E-state index contributed by atoms with van der Waals surface area (Å²) in [6.07, 6.45) is 1.23. The minimum Gasteiger partial charge on any atom is -0.478 e. The van der Waals surface area contributed by atoms with E-state index in [1.54, 1.807) is 19.1 Å². The summed E-state index contributed by atoms with van der Waals surface area (Å²) in [6, 6.07) is 9.36. The first kappa shape index (κ1) is 24.1. The van der Waals surface area contributed by atoms with Gasteiger partial charge in [-0.25, -0.2) is 9.59 Å². The van der Waals surface area contributed by atoms with E-state index >= 15 is 0 Å². The fourth-order valence-electron chi connectivity index (χ4n) is 3.31. The lowest BCUT2D eigenvalue weighted by molar-refractivity contribution is -0.139. The van der Waals surface area contributed by atoms with Crippen LogP contribution >= 0.6 is 23.2 Å². The van der Waals surface area contributed by atoms with Crippen LogP contribution in [0.3, 0.4) is 0 Å². The van der Waals surface area contributed by atoms with Gasteiger partial charge in [-0.05, 0) is 42.3 Å². The molecular weight excluding hydrogens is 479 g/mol. The summed E-state index contributed by atoms with van der Waals surface area (Å²) < 4.78 is 33.8. The van der Waals surface area contributed by atoms with Crippen molar-refractivity contribution in [2.45, 2.75) is 19.5 Å². The summed E-state index contributed by atoms with van der Waals surface area (Å²) in [5, 5.41) is 9.62. The van der Waals surface area contributed by atoms with Crippen LogP contribution in [0.25, 0.3) is 0 Å². The molecule has 1 aliphatic heterocycles. The van der Waals surface area contributed by atoms with Crippen molar-refractivity contribution in [2.75, 3.05) is 13.7 Å². The molecule has 1 heterocycles. The van der Waals surface area contributed by atoms with Gasteiger partial charge in [0.2, 0.25) is 0 Å². The molecule has 2 aromatic carbocycles. The van der Waals surface area contributed by atoms with Crippen molar-refractivity contribution in [3.63, 3.8) is 0 Å². The Morgan fingerprint density at radius 1 is 1.12 bits per heavy atom. The first-order valence-corrected chi connectivity index (χ1v) is 11.6. The second-order valence-electron chi connectivity index (χ2n) is 6.94. The fraction of sp³-hybridized carbons (Fsp3) is 0.238. The van der Waals surface area contributed by atoms with Crippen LogP contribution in [-0.2, 0) is 26.3 Å². The van der Waals surface area contributed by atoms with Gasteiger partial charge in [-0.2, -0.15) is 12.7 Å². The van der Waals surface area contributed by atoms with Crippen LogP contribution in [-0.4, -0.2) is 47.7 Å². The van der Waals surface area contributed by atoms with Crippen LogP contribution in [0.15, 0.2) is 54.2 Å². The predicted molar refractivity (Wildman–Crippen MR) is 120 cm³/mol. The fourth-order valence-corrected chi connectivity index (χ4v) is 5.21. The molecule has 0 aliphatic carbocycles. The molecule has 1 unspecified atom stereocenters. The van der Waals surface area contributed by atoms with Crippen molar-refractivity contribution in [1.29, 1.82) is 0 Å². The van der Waals surface area contributed by atoms with Crippen molar-refractivity contribution in [3.8, 4) is 0 Å². The lowest BCUT2D eigenvalue weighted by atomic mass is 9.99. The number of nitrogens with zero attached hydrogens (tertiary/aromatic N) is 2. The third kappa shape index (κ3) is 4.75. The summed E-state index contributed by atoms with van der Waals surface area (Å²) >= 11 is 12.3. The quantitative estimate of drug-likeness (QED) is 0.606. The molecule has 0 saturated heterocycles. The number of hydrogen-bond acceptors (Lipinski definition) is 5. The Balaban J connectivity index is 2.08. The molecule has 8 nitrogen and oxygen atoms in total. The number of esters is 1. The van der Waals surface area contributed by atoms with E-state index in [1.807, 2.05) is 0 Å². The Labute approximate surface area is 195 Å². The Morgan fingerprint density at radius 2 is 1.78 bits per heavy atom. The van der Waals surface area contributed by atoms with Crippen molar-refractivity contribution in [2.24, 2.45) is 0 Å². The highest BCUT2D eigenvalue weighted by molar-refractivity contribution is 7.86. The normalized spacial score (nSPS) is 18.2. The van der Waals surface area contributed by atoms with Crippen LogP contribution in [0.1, 0.15) is 34.5 Å². The molecule has 170 valence electrons. The number of carbonyl (C=O) groups excluding carboxylic acids is 1. The average molecular weight is 499 g/mol. The molecular formula is C21H20Cl2N2O6S. The van der Waals surface area contributed by atoms with E-state index in [2.05, 4.69) is 0 Å². The molecule has 0 fully saturated rings. The van der Waals surface area contributed by atoms with Crippen LogP contribution in [0.4, 0.5) is 0 Å². The molecule has 11 heteroatoms. The molecule has 0 bridgehead atoms. The largest absolute Gasteiger partial charge is 0.478 e. The highest BCUT2D eigenvalue weighted by Crippen LogP contribution is 2.40. The second-order valence-corrected chi connectivity index (χ2v) is 9.73. The number of ether oxygens (including phenoxy) is 1. The predicted octanol–water partition coefficient (Wildman–Crippen LogP) is 3.87. The number of rotatable bonds is 6. The molecule has 0 spiro atoms. The molecule has 0 saturated carbocycles. The molecule has 0 aromatic heterocycles. The van der Waals surface area contributed by atoms with Crippen LogP contribution in [0.5, 0.6) is 0 Å². The van der Waals surface area contributed by atoms with Gasteiger partial charge in [0.05, 0.1) is 30.3 Å². The SMILES string of the molecule is CCOC(=O)C1=CN(Cc2ccc(C(=O)O)cc2)S(=O)(=O)N(C)C1c1ccc(Cl)cc1Cl. The van der Waals surface area contributed by atoms with Gasteiger partial charge in [0.15, 0.2) is 0 Å². The van der Waals surface area contributed by atoms with Gasteiger partial charge >= 0.3 is 22.1 Å². The summed E-state index contributed by atoms with van der Waals surface area (Å²) in [6.45, 7) is 1.63. The van der Waals surface area contributed by atoms with E-state index in [1.165, 1.54) is 43.6 Å². The zero-order valence-electron chi connectivity index (χ0n) is 17.2. The number of carboxylic acids is 1. The maximum Gasteiger partial charge on any atom is 0.337 e. The lowest BCUT2D eigenvalue weighted by Crippen LogP contribution is -2.46. The minimum atomic E-state index is -4.06. The van der Waals surface area contributed by atoms with Crippen LogP contribution in [0.2, 0.25) is 10.0 Å². The first-order valence-electron chi connectivity index (χ1n) is 9.47. The van der Waals surface area contributed by atoms with Gasteiger partial charge in [0.25, 0.3) is 0 Å². The van der Waals surface area contributed by atoms with E-state index in [0.717, 1.165) is 8.61 Å². The number of carboxylic acid groups (broad SMARTS) is 1. The van der Waals surface area contributed by atoms with Gasteiger partial charge in [-0.1, -0.05) is 41.4 Å². The van der Waals surface area contributed by atoms with Gasteiger partial charge in [0.1, 0.15) is 0 Å². The third-order valence-corrected chi connectivity index (χ3v) is 7.24. The number of halogens is 2. The van der Waals surface area contributed by atoms with Crippen molar-refractivity contribution >= 4 is 45.3 Å². The Morgan fingerprint density at radius 3 is 2.34 bits per heavy atom. The summed E-state index contributed by atoms with van der Waals surface area (Å²) in [5.41, 5.74) is 1.07. The van der Waals surface area contributed by atoms with Gasteiger partial charge in [0, 0.05) is 23.3 Å². The molecule has 1 aliphatic rings. The number of hydrogen-bond donors (Lipinski definition) is 1. The van der Waals surface area contributed by atoms with Crippen molar-refractivity contribution in [1.82, 2.24) is 8.61 Å². The zero-order chi connectivity index (χ0) is 23.6. The molecule has 0 radical (unpaired) electrons. The van der Waals surface area contributed by atoms with E-state index in [9.17, 15) is 18.0 Å². The molecule has 3 rings (SSSR count). The number of carbonyl (C=O) groups is 2. The Bertz CT molecular complexity index is 1180. The van der Waals surface area contributed by atoms with Crippen LogP contribution < -0.4 is 0 Å². The van der Waals surface area contributed by atoms with Gasteiger partial charge in [-0.3, -0.25) is 4.31 Å². The highest BCUT2D eigenvalue weighted by Gasteiger charge is 2.42. The Kier molecular flexibility index (Phi) is 7.14. The summed E-state index contributed by atoms with van der Waals surface area (Å²) in [7, 11) is -2.71. The number of likely N-dealkylation sites (N-methyl/N-ethyl adjacent to an activating group) is 1. The minimum absolute atomic E-state index is 0.0765. The number of benzene rings is 2. The maximum absolute atomic E-state index is 13.3. The third-order valence-electron chi connectivity index (χ3n) is 4.91.